The molecule has 0 aliphatic heterocycles. The molecule has 2 aromatic heterocycles. The summed E-state index contributed by atoms with van der Waals surface area (Å²) in [5, 5.41) is 17.5. The molecule has 0 amide bonds. The smallest absolute Gasteiger partial charge is 0.372 e. The van der Waals surface area contributed by atoms with Crippen LogP contribution < -0.4 is 14.2 Å². The van der Waals surface area contributed by atoms with E-state index in [-0.39, 0.29) is 5.82 Å². The van der Waals surface area contributed by atoms with Crippen molar-refractivity contribution in [2.75, 3.05) is 21.3 Å². The number of imidazole rings is 1. The lowest BCUT2D eigenvalue weighted by Crippen LogP contribution is -2.09. The van der Waals surface area contributed by atoms with Crippen molar-refractivity contribution < 1.29 is 24.1 Å². The first kappa shape index (κ1) is 22.2. The minimum absolute atomic E-state index is 0.153. The highest BCUT2D eigenvalue weighted by molar-refractivity contribution is 6.32. The predicted octanol–water partition coefficient (Wildman–Crippen LogP) is 4.62. The number of benzene rings is 2. The van der Waals surface area contributed by atoms with Crippen LogP contribution in [0.3, 0.4) is 0 Å². The molecule has 33 heavy (non-hydrogen) atoms. The number of para-hydroxylation sites is 1. The molecule has 0 aliphatic carbocycles. The lowest BCUT2D eigenvalue weighted by Gasteiger charge is -2.13. The van der Waals surface area contributed by atoms with Crippen molar-refractivity contribution in [2.24, 2.45) is 0 Å². The van der Waals surface area contributed by atoms with Crippen LogP contribution in [-0.2, 0) is 0 Å². The Hall–Kier alpha value is -3.98. The number of nitrogens with zero attached hydrogens (tertiary/aromatic N) is 3. The van der Waals surface area contributed by atoms with Gasteiger partial charge in [0.15, 0.2) is 11.5 Å². The number of aromatic carboxylic acids is 1. The molecule has 0 aliphatic rings. The van der Waals surface area contributed by atoms with E-state index in [1.807, 2.05) is 0 Å². The SMILES string of the molecule is COc1cc(-c2cc(-c3nc(C(=O)O)n(-c4ccccc4Cl)c3C)[nH]n2)cc(OC)c1OC. The summed E-state index contributed by atoms with van der Waals surface area (Å²) in [7, 11) is 4.61. The van der Waals surface area contributed by atoms with Gasteiger partial charge in [-0.15, -0.1) is 0 Å². The van der Waals surface area contributed by atoms with Gasteiger partial charge in [0.25, 0.3) is 0 Å². The summed E-state index contributed by atoms with van der Waals surface area (Å²) in [6, 6.07) is 12.3. The van der Waals surface area contributed by atoms with Crippen molar-refractivity contribution in [1.82, 2.24) is 19.7 Å². The molecule has 0 fully saturated rings. The van der Waals surface area contributed by atoms with Crippen LogP contribution in [0.5, 0.6) is 17.2 Å². The molecule has 9 nitrogen and oxygen atoms in total. The topological polar surface area (TPSA) is 111 Å². The molecule has 2 N–H and O–H groups in total. The fraction of sp³-hybridized carbons (Fsp3) is 0.174. The maximum Gasteiger partial charge on any atom is 0.372 e. The number of aromatic nitrogens is 4. The van der Waals surface area contributed by atoms with Gasteiger partial charge in [0.1, 0.15) is 5.69 Å². The first-order chi connectivity index (χ1) is 15.9. The van der Waals surface area contributed by atoms with E-state index in [0.29, 0.717) is 56.3 Å². The molecule has 170 valence electrons. The number of nitrogens with one attached hydrogen (secondary N) is 1. The average molecular weight is 469 g/mol. The van der Waals surface area contributed by atoms with E-state index in [4.69, 9.17) is 25.8 Å². The number of hydrogen-bond acceptors (Lipinski definition) is 6. The zero-order valence-electron chi connectivity index (χ0n) is 18.3. The van der Waals surface area contributed by atoms with Crippen molar-refractivity contribution >= 4 is 17.6 Å². The maximum absolute atomic E-state index is 11.9. The van der Waals surface area contributed by atoms with Crippen LogP contribution in [0.1, 0.15) is 16.3 Å². The standard InChI is InChI=1S/C23H21ClN4O5/c1-12-20(25-22(23(29)30)28(12)17-8-6-5-7-14(17)24)16-11-15(26-27-16)13-9-18(31-2)21(33-4)19(10-13)32-3/h5-11H,1-4H3,(H,26,27)(H,29,30). The van der Waals surface area contributed by atoms with Crippen LogP contribution in [0.4, 0.5) is 0 Å². The second kappa shape index (κ2) is 8.87. The number of H-pyrrole nitrogens is 1. The van der Waals surface area contributed by atoms with Gasteiger partial charge in [0, 0.05) is 11.3 Å². The summed E-state index contributed by atoms with van der Waals surface area (Å²) in [6.45, 7) is 1.78. The lowest BCUT2D eigenvalue weighted by atomic mass is 10.1. The number of carboxylic acids is 1. The minimum atomic E-state index is -1.17. The molecule has 0 spiro atoms. The molecule has 0 atom stereocenters. The number of rotatable bonds is 7. The number of halogens is 1. The molecule has 0 radical (unpaired) electrons. The summed E-state index contributed by atoms with van der Waals surface area (Å²) in [5.41, 5.74) is 3.42. The van der Waals surface area contributed by atoms with Crippen molar-refractivity contribution in [3.63, 3.8) is 0 Å². The van der Waals surface area contributed by atoms with Crippen LogP contribution in [0, 0.1) is 6.92 Å². The fourth-order valence-corrected chi connectivity index (χ4v) is 3.87. The molecule has 0 saturated heterocycles. The van der Waals surface area contributed by atoms with Crippen LogP contribution in [0.25, 0.3) is 28.3 Å². The number of hydrogen-bond donors (Lipinski definition) is 2. The molecule has 10 heteroatoms. The highest BCUT2D eigenvalue weighted by Crippen LogP contribution is 2.41. The number of carbonyl (C=O) groups is 1. The van der Waals surface area contributed by atoms with E-state index in [2.05, 4.69) is 15.2 Å². The molecule has 4 rings (SSSR count). The highest BCUT2D eigenvalue weighted by atomic mass is 35.5. The van der Waals surface area contributed by atoms with Crippen LogP contribution >= 0.6 is 11.6 Å². The summed E-state index contributed by atoms with van der Waals surface area (Å²) in [5.74, 6) is 0.126. The summed E-state index contributed by atoms with van der Waals surface area (Å²) in [4.78, 5) is 16.3. The van der Waals surface area contributed by atoms with Crippen LogP contribution in [0.2, 0.25) is 5.02 Å². The number of methoxy groups -OCH3 is 3. The predicted molar refractivity (Wildman–Crippen MR) is 123 cm³/mol. The normalized spacial score (nSPS) is 10.8. The van der Waals surface area contributed by atoms with Crippen molar-refractivity contribution in [2.45, 2.75) is 6.92 Å². The molecule has 2 heterocycles. The Bertz CT molecular complexity index is 1320. The molecular formula is C23H21ClN4O5. The average Bonchev–Trinajstić information content (AvgIpc) is 3.43. The Labute approximate surface area is 194 Å². The molecule has 0 bridgehead atoms. The van der Waals surface area contributed by atoms with E-state index >= 15 is 0 Å². The zero-order valence-corrected chi connectivity index (χ0v) is 19.1. The number of carboxylic acid groups (broad SMARTS) is 1. The van der Waals surface area contributed by atoms with Gasteiger partial charge in [-0.25, -0.2) is 9.78 Å². The Morgan fingerprint density at radius 1 is 1.06 bits per heavy atom. The van der Waals surface area contributed by atoms with Gasteiger partial charge in [-0.2, -0.15) is 5.10 Å². The van der Waals surface area contributed by atoms with Gasteiger partial charge in [-0.1, -0.05) is 23.7 Å². The van der Waals surface area contributed by atoms with E-state index in [0.717, 1.165) is 0 Å². The van der Waals surface area contributed by atoms with E-state index in [1.54, 1.807) is 49.4 Å². The highest BCUT2D eigenvalue weighted by Gasteiger charge is 2.24. The summed E-state index contributed by atoms with van der Waals surface area (Å²) < 4.78 is 17.7. The van der Waals surface area contributed by atoms with Crippen molar-refractivity contribution in [1.29, 1.82) is 0 Å². The minimum Gasteiger partial charge on any atom is -0.493 e. The molecule has 4 aromatic rings. The third-order valence-electron chi connectivity index (χ3n) is 5.19. The van der Waals surface area contributed by atoms with Gasteiger partial charge in [-0.05, 0) is 37.3 Å². The third-order valence-corrected chi connectivity index (χ3v) is 5.51. The van der Waals surface area contributed by atoms with Crippen molar-refractivity contribution in [3.05, 3.63) is 59.0 Å². The van der Waals surface area contributed by atoms with Gasteiger partial charge in [0.05, 0.1) is 43.4 Å². The van der Waals surface area contributed by atoms with Crippen LogP contribution in [-0.4, -0.2) is 52.2 Å². The Kier molecular flexibility index (Phi) is 5.97. The summed E-state index contributed by atoms with van der Waals surface area (Å²) in [6.07, 6.45) is 0. The number of aromatic amines is 1. The molecule has 0 unspecified atom stereocenters. The second-order valence-corrected chi connectivity index (χ2v) is 7.45. The van der Waals surface area contributed by atoms with E-state index in [1.165, 1.54) is 25.9 Å². The third kappa shape index (κ3) is 3.87. The van der Waals surface area contributed by atoms with Gasteiger partial charge >= 0.3 is 5.97 Å². The largest absolute Gasteiger partial charge is 0.493 e. The van der Waals surface area contributed by atoms with Gasteiger partial charge < -0.3 is 19.3 Å². The Morgan fingerprint density at radius 2 is 1.73 bits per heavy atom. The van der Waals surface area contributed by atoms with E-state index < -0.39 is 5.97 Å². The van der Waals surface area contributed by atoms with E-state index in [9.17, 15) is 9.90 Å². The summed E-state index contributed by atoms with van der Waals surface area (Å²) >= 11 is 6.33. The zero-order chi connectivity index (χ0) is 23.7. The van der Waals surface area contributed by atoms with Gasteiger partial charge in [0.2, 0.25) is 11.6 Å². The molecular weight excluding hydrogens is 448 g/mol. The molecule has 0 saturated carbocycles. The second-order valence-electron chi connectivity index (χ2n) is 7.04. The van der Waals surface area contributed by atoms with Crippen molar-refractivity contribution in [3.8, 4) is 45.6 Å². The fourth-order valence-electron chi connectivity index (χ4n) is 3.65. The van der Waals surface area contributed by atoms with Gasteiger partial charge in [-0.3, -0.25) is 9.67 Å². The lowest BCUT2D eigenvalue weighted by molar-refractivity contribution is 0.0681. The monoisotopic (exact) mass is 468 g/mol. The quantitative estimate of drug-likeness (QED) is 0.407. The maximum atomic E-state index is 11.9. The first-order valence-corrected chi connectivity index (χ1v) is 10.2. The first-order valence-electron chi connectivity index (χ1n) is 9.83. The van der Waals surface area contributed by atoms with Crippen LogP contribution in [0.15, 0.2) is 42.5 Å². The Balaban J connectivity index is 1.83. The Morgan fingerprint density at radius 3 is 2.30 bits per heavy atom. The molecule has 2 aromatic carbocycles. The number of ether oxygens (including phenoxy) is 3.